The van der Waals surface area contributed by atoms with Crippen LogP contribution in [0.15, 0.2) is 36.4 Å². The fourth-order valence-electron chi connectivity index (χ4n) is 2.33. The molecule has 7 heteroatoms. The Labute approximate surface area is 121 Å². The van der Waals surface area contributed by atoms with E-state index in [1.165, 1.54) is 12.1 Å². The molecule has 0 radical (unpaired) electrons. The van der Waals surface area contributed by atoms with Crippen molar-refractivity contribution in [3.8, 4) is 5.75 Å². The number of anilines is 3. The molecule has 1 aromatic carbocycles. The lowest BCUT2D eigenvalue weighted by molar-refractivity contribution is -0.384. The molecule has 7 nitrogen and oxygen atoms in total. The molecule has 1 aromatic heterocycles. The molecular formula is C14H14N4O3. The molecule has 0 atom stereocenters. The van der Waals surface area contributed by atoms with E-state index in [4.69, 9.17) is 10.5 Å². The van der Waals surface area contributed by atoms with Crippen molar-refractivity contribution >= 4 is 23.0 Å². The maximum Gasteiger partial charge on any atom is 0.276 e. The Hall–Kier alpha value is -2.83. The van der Waals surface area contributed by atoms with Crippen molar-refractivity contribution in [3.05, 3.63) is 46.5 Å². The molecule has 1 aliphatic rings. The van der Waals surface area contributed by atoms with Crippen LogP contribution in [0.3, 0.4) is 0 Å². The Kier molecular flexibility index (Phi) is 3.31. The lowest BCUT2D eigenvalue weighted by atomic mass is 10.2. The zero-order chi connectivity index (χ0) is 14.8. The zero-order valence-electron chi connectivity index (χ0n) is 11.2. The van der Waals surface area contributed by atoms with E-state index >= 15 is 0 Å². The SMILES string of the molecule is Nc1cc([N+](=O)[O-])cc(N2CCCOc3ccccc32)n1. The smallest absolute Gasteiger partial charge is 0.276 e. The fourth-order valence-corrected chi connectivity index (χ4v) is 2.33. The standard InChI is InChI=1S/C14H14N4O3/c15-13-8-10(18(19)20)9-14(16-13)17-6-3-7-21-12-5-2-1-4-11(12)17/h1-2,4-5,8-9H,3,6-7H2,(H2,15,16). The van der Waals surface area contributed by atoms with Crippen molar-refractivity contribution in [2.45, 2.75) is 6.42 Å². The molecule has 2 heterocycles. The van der Waals surface area contributed by atoms with Gasteiger partial charge in [-0.05, 0) is 18.6 Å². The molecule has 1 aliphatic heterocycles. The van der Waals surface area contributed by atoms with Gasteiger partial charge in [0.05, 0.1) is 29.4 Å². The average Bonchev–Trinajstić information content (AvgIpc) is 2.69. The van der Waals surface area contributed by atoms with Gasteiger partial charge in [-0.3, -0.25) is 10.1 Å². The van der Waals surface area contributed by atoms with Gasteiger partial charge in [-0.2, -0.15) is 0 Å². The summed E-state index contributed by atoms with van der Waals surface area (Å²) in [6.07, 6.45) is 0.791. The van der Waals surface area contributed by atoms with Gasteiger partial charge in [-0.15, -0.1) is 0 Å². The monoisotopic (exact) mass is 286 g/mol. The van der Waals surface area contributed by atoms with E-state index in [-0.39, 0.29) is 11.5 Å². The van der Waals surface area contributed by atoms with Crippen LogP contribution in [-0.4, -0.2) is 23.1 Å². The molecule has 0 saturated carbocycles. The van der Waals surface area contributed by atoms with Gasteiger partial charge in [0.15, 0.2) is 0 Å². The van der Waals surface area contributed by atoms with Crippen LogP contribution in [0.25, 0.3) is 0 Å². The van der Waals surface area contributed by atoms with Crippen LogP contribution >= 0.6 is 0 Å². The van der Waals surface area contributed by atoms with Gasteiger partial charge in [0, 0.05) is 6.54 Å². The van der Waals surface area contributed by atoms with Gasteiger partial charge in [0.2, 0.25) is 0 Å². The summed E-state index contributed by atoms with van der Waals surface area (Å²) >= 11 is 0. The molecular weight excluding hydrogens is 272 g/mol. The normalized spacial score (nSPS) is 14.0. The number of aromatic nitrogens is 1. The molecule has 0 amide bonds. The number of hydrogen-bond donors (Lipinski definition) is 1. The Morgan fingerprint density at radius 1 is 1.33 bits per heavy atom. The lowest BCUT2D eigenvalue weighted by Gasteiger charge is -2.22. The molecule has 0 aliphatic carbocycles. The maximum atomic E-state index is 11.0. The number of para-hydroxylation sites is 2. The molecule has 0 bridgehead atoms. The average molecular weight is 286 g/mol. The second kappa shape index (κ2) is 5.28. The molecule has 0 fully saturated rings. The first-order valence-corrected chi connectivity index (χ1v) is 6.56. The molecule has 0 unspecified atom stereocenters. The first kappa shape index (κ1) is 13.2. The third kappa shape index (κ3) is 2.58. The van der Waals surface area contributed by atoms with Crippen LogP contribution in [0.4, 0.5) is 23.0 Å². The minimum atomic E-state index is -0.470. The van der Waals surface area contributed by atoms with E-state index < -0.39 is 4.92 Å². The van der Waals surface area contributed by atoms with Crippen LogP contribution in [0.2, 0.25) is 0 Å². The van der Waals surface area contributed by atoms with Gasteiger partial charge in [0.25, 0.3) is 5.69 Å². The third-order valence-corrected chi connectivity index (χ3v) is 3.24. The number of hydrogen-bond acceptors (Lipinski definition) is 6. The van der Waals surface area contributed by atoms with Gasteiger partial charge in [0.1, 0.15) is 17.4 Å². The summed E-state index contributed by atoms with van der Waals surface area (Å²) in [5.74, 6) is 1.32. The van der Waals surface area contributed by atoms with Crippen LogP contribution in [0, 0.1) is 10.1 Å². The van der Waals surface area contributed by atoms with Crippen molar-refractivity contribution in [2.24, 2.45) is 0 Å². The van der Waals surface area contributed by atoms with Gasteiger partial charge < -0.3 is 15.4 Å². The molecule has 2 N–H and O–H groups in total. The number of nitrogens with two attached hydrogens (primary N) is 1. The first-order valence-electron chi connectivity index (χ1n) is 6.56. The molecule has 0 saturated heterocycles. The summed E-state index contributed by atoms with van der Waals surface area (Å²) in [5, 5.41) is 11.0. The largest absolute Gasteiger partial charge is 0.491 e. The second-order valence-electron chi connectivity index (χ2n) is 4.69. The van der Waals surface area contributed by atoms with E-state index in [0.717, 1.165) is 17.9 Å². The van der Waals surface area contributed by atoms with Gasteiger partial charge in [-0.1, -0.05) is 12.1 Å². The Bertz CT molecular complexity index is 690. The quantitative estimate of drug-likeness (QED) is 0.673. The number of nitro groups is 1. The molecule has 0 spiro atoms. The highest BCUT2D eigenvalue weighted by Gasteiger charge is 2.21. The Morgan fingerprint density at radius 3 is 2.95 bits per heavy atom. The summed E-state index contributed by atoms with van der Waals surface area (Å²) < 4.78 is 5.67. The van der Waals surface area contributed by atoms with Crippen molar-refractivity contribution in [3.63, 3.8) is 0 Å². The van der Waals surface area contributed by atoms with Crippen molar-refractivity contribution in [2.75, 3.05) is 23.8 Å². The molecule has 3 rings (SSSR count). The number of ether oxygens (including phenoxy) is 1. The van der Waals surface area contributed by atoms with E-state index in [2.05, 4.69) is 4.98 Å². The van der Waals surface area contributed by atoms with Crippen molar-refractivity contribution in [1.29, 1.82) is 0 Å². The van der Waals surface area contributed by atoms with Gasteiger partial charge in [-0.25, -0.2) is 4.98 Å². The number of pyridine rings is 1. The minimum absolute atomic E-state index is 0.0693. The number of nitrogens with zero attached hydrogens (tertiary/aromatic N) is 3. The summed E-state index contributed by atoms with van der Waals surface area (Å²) in [6.45, 7) is 1.25. The number of rotatable bonds is 2. The fraction of sp³-hybridized carbons (Fsp3) is 0.214. The van der Waals surface area contributed by atoms with Crippen LogP contribution in [0.5, 0.6) is 5.75 Å². The van der Waals surface area contributed by atoms with Gasteiger partial charge >= 0.3 is 0 Å². The highest BCUT2D eigenvalue weighted by molar-refractivity contribution is 5.69. The highest BCUT2D eigenvalue weighted by atomic mass is 16.6. The summed E-state index contributed by atoms with van der Waals surface area (Å²) in [5.41, 5.74) is 6.46. The predicted octanol–water partition coefficient (Wildman–Crippen LogP) is 2.49. The minimum Gasteiger partial charge on any atom is -0.491 e. The van der Waals surface area contributed by atoms with Crippen molar-refractivity contribution < 1.29 is 9.66 Å². The summed E-state index contributed by atoms with van der Waals surface area (Å²) in [4.78, 5) is 16.6. The number of nitrogen functional groups attached to an aromatic ring is 1. The van der Waals surface area contributed by atoms with E-state index in [1.807, 2.05) is 29.2 Å². The second-order valence-corrected chi connectivity index (χ2v) is 4.69. The molecule has 108 valence electrons. The lowest BCUT2D eigenvalue weighted by Crippen LogP contribution is -2.19. The number of benzene rings is 1. The van der Waals surface area contributed by atoms with Crippen molar-refractivity contribution in [1.82, 2.24) is 4.98 Å². The van der Waals surface area contributed by atoms with E-state index in [0.29, 0.717) is 19.0 Å². The summed E-state index contributed by atoms with van der Waals surface area (Å²) in [7, 11) is 0. The van der Waals surface area contributed by atoms with E-state index in [1.54, 1.807) is 0 Å². The summed E-state index contributed by atoms with van der Waals surface area (Å²) in [6, 6.07) is 10.2. The molecule has 21 heavy (non-hydrogen) atoms. The van der Waals surface area contributed by atoms with Crippen LogP contribution < -0.4 is 15.4 Å². The highest BCUT2D eigenvalue weighted by Crippen LogP contribution is 2.36. The Morgan fingerprint density at radius 2 is 2.14 bits per heavy atom. The van der Waals surface area contributed by atoms with E-state index in [9.17, 15) is 10.1 Å². The van der Waals surface area contributed by atoms with Crippen LogP contribution in [0.1, 0.15) is 6.42 Å². The number of fused-ring (bicyclic) bond motifs is 1. The zero-order valence-corrected chi connectivity index (χ0v) is 11.2. The predicted molar refractivity (Wildman–Crippen MR) is 78.9 cm³/mol. The topological polar surface area (TPSA) is 94.5 Å². The Balaban J connectivity index is 2.09. The van der Waals surface area contributed by atoms with Crippen LogP contribution in [-0.2, 0) is 0 Å². The maximum absolute atomic E-state index is 11.0. The molecule has 2 aromatic rings. The third-order valence-electron chi connectivity index (χ3n) is 3.24. The first-order chi connectivity index (χ1) is 10.1.